The first kappa shape index (κ1) is 17.6. The smallest absolute Gasteiger partial charge is 0.0322 e. The molecule has 0 saturated heterocycles. The van der Waals surface area contributed by atoms with Crippen molar-refractivity contribution < 1.29 is 0 Å². The minimum Gasteiger partial charge on any atom is -0.307 e. The molecule has 0 spiro atoms. The zero-order valence-electron chi connectivity index (χ0n) is 13.4. The molecule has 2 atom stereocenters. The summed E-state index contributed by atoms with van der Waals surface area (Å²) in [6, 6.07) is 12.1. The van der Waals surface area contributed by atoms with Crippen LogP contribution in [0, 0.1) is 0 Å². The molecule has 1 N–H and O–H groups in total. The van der Waals surface area contributed by atoms with Crippen LogP contribution < -0.4 is 5.32 Å². The Kier molecular flexibility index (Phi) is 9.86. The van der Waals surface area contributed by atoms with E-state index in [4.69, 9.17) is 0 Å². The number of hydrogen-bond donors (Lipinski definition) is 1. The van der Waals surface area contributed by atoms with Gasteiger partial charge in [0.05, 0.1) is 0 Å². The first-order valence-corrected chi connectivity index (χ1v) is 9.32. The highest BCUT2D eigenvalue weighted by Gasteiger charge is 2.13. The second kappa shape index (κ2) is 11.2. The average molecular weight is 294 g/mol. The lowest BCUT2D eigenvalue weighted by Crippen LogP contribution is -2.31. The van der Waals surface area contributed by atoms with Crippen molar-refractivity contribution in [3.8, 4) is 0 Å². The van der Waals surface area contributed by atoms with Crippen LogP contribution in [0.25, 0.3) is 0 Å². The zero-order valence-corrected chi connectivity index (χ0v) is 14.2. The molecule has 0 heterocycles. The van der Waals surface area contributed by atoms with Crippen LogP contribution in [0.15, 0.2) is 30.3 Å². The van der Waals surface area contributed by atoms with Gasteiger partial charge >= 0.3 is 0 Å². The number of unbranched alkanes of at least 4 members (excludes halogenated alkanes) is 2. The fourth-order valence-electron chi connectivity index (χ4n) is 2.46. The summed E-state index contributed by atoms with van der Waals surface area (Å²) < 4.78 is 0. The van der Waals surface area contributed by atoms with E-state index >= 15 is 0 Å². The van der Waals surface area contributed by atoms with E-state index in [1.54, 1.807) is 0 Å². The van der Waals surface area contributed by atoms with Gasteiger partial charge in [-0.25, -0.2) is 0 Å². The molecule has 0 aliphatic carbocycles. The number of rotatable bonds is 11. The van der Waals surface area contributed by atoms with Crippen molar-refractivity contribution in [2.24, 2.45) is 0 Å². The van der Waals surface area contributed by atoms with E-state index in [1.165, 1.54) is 49.2 Å². The van der Waals surface area contributed by atoms with Crippen molar-refractivity contribution in [1.82, 2.24) is 5.32 Å². The first-order chi connectivity index (χ1) is 9.77. The van der Waals surface area contributed by atoms with Crippen molar-refractivity contribution in [3.05, 3.63) is 35.9 Å². The summed E-state index contributed by atoms with van der Waals surface area (Å²) in [5.74, 6) is 2.49. The Labute approximate surface area is 129 Å². The third-order valence-electron chi connectivity index (χ3n) is 3.68. The monoisotopic (exact) mass is 293 g/mol. The van der Waals surface area contributed by atoms with Crippen molar-refractivity contribution >= 4 is 11.8 Å². The van der Waals surface area contributed by atoms with Gasteiger partial charge in [0.25, 0.3) is 0 Å². The Balaban J connectivity index is 2.49. The van der Waals surface area contributed by atoms with E-state index in [9.17, 15) is 0 Å². The van der Waals surface area contributed by atoms with E-state index in [0.29, 0.717) is 12.1 Å². The van der Waals surface area contributed by atoms with Crippen molar-refractivity contribution in [2.45, 2.75) is 65.0 Å². The van der Waals surface area contributed by atoms with Crippen LogP contribution in [0.5, 0.6) is 0 Å². The number of thioether (sulfide) groups is 1. The molecule has 2 unspecified atom stereocenters. The van der Waals surface area contributed by atoms with Gasteiger partial charge in [0, 0.05) is 12.1 Å². The highest BCUT2D eigenvalue weighted by molar-refractivity contribution is 7.99. The zero-order chi connectivity index (χ0) is 14.6. The molecule has 114 valence electrons. The fraction of sp³-hybridized carbons (Fsp3) is 0.667. The highest BCUT2D eigenvalue weighted by Crippen LogP contribution is 2.21. The predicted octanol–water partition coefficient (Wildman–Crippen LogP) is 5.43. The van der Waals surface area contributed by atoms with Crippen LogP contribution >= 0.6 is 11.8 Å². The molecule has 0 bridgehead atoms. The van der Waals surface area contributed by atoms with Crippen LogP contribution in [-0.4, -0.2) is 17.5 Å². The van der Waals surface area contributed by atoms with E-state index in [-0.39, 0.29) is 0 Å². The molecule has 20 heavy (non-hydrogen) atoms. The largest absolute Gasteiger partial charge is 0.307 e. The van der Waals surface area contributed by atoms with Gasteiger partial charge in [-0.3, -0.25) is 0 Å². The predicted molar refractivity (Wildman–Crippen MR) is 93.5 cm³/mol. The van der Waals surface area contributed by atoms with Gasteiger partial charge in [-0.2, -0.15) is 11.8 Å². The molecule has 0 aliphatic heterocycles. The summed E-state index contributed by atoms with van der Waals surface area (Å²) >= 11 is 2.04. The lowest BCUT2D eigenvalue weighted by molar-refractivity contribution is 0.415. The maximum absolute atomic E-state index is 3.84. The first-order valence-electron chi connectivity index (χ1n) is 8.16. The van der Waals surface area contributed by atoms with Gasteiger partial charge < -0.3 is 5.32 Å². The van der Waals surface area contributed by atoms with E-state index in [2.05, 4.69) is 56.4 Å². The summed E-state index contributed by atoms with van der Waals surface area (Å²) in [4.78, 5) is 0. The van der Waals surface area contributed by atoms with Crippen LogP contribution in [0.4, 0.5) is 0 Å². The fourth-order valence-corrected chi connectivity index (χ4v) is 3.27. The molecule has 0 radical (unpaired) electrons. The molecule has 2 heteroatoms. The van der Waals surface area contributed by atoms with Crippen molar-refractivity contribution in [3.63, 3.8) is 0 Å². The van der Waals surface area contributed by atoms with Gasteiger partial charge in [0.15, 0.2) is 0 Å². The molecule has 0 amide bonds. The molecule has 1 aromatic carbocycles. The van der Waals surface area contributed by atoms with Gasteiger partial charge in [-0.1, -0.05) is 63.4 Å². The van der Waals surface area contributed by atoms with E-state index < -0.39 is 0 Å². The topological polar surface area (TPSA) is 12.0 Å². The summed E-state index contributed by atoms with van der Waals surface area (Å²) in [7, 11) is 0. The van der Waals surface area contributed by atoms with Crippen LogP contribution in [-0.2, 0) is 0 Å². The Morgan fingerprint density at radius 3 is 2.45 bits per heavy atom. The number of nitrogens with one attached hydrogen (secondary N) is 1. The second-order valence-electron chi connectivity index (χ2n) is 5.51. The van der Waals surface area contributed by atoms with Crippen LogP contribution in [0.2, 0.25) is 0 Å². The SMILES string of the molecule is CCCCCC(NC(C)CCSCC)c1ccccc1. The third kappa shape index (κ3) is 7.35. The molecule has 0 saturated carbocycles. The van der Waals surface area contributed by atoms with Gasteiger partial charge in [0.1, 0.15) is 0 Å². The Morgan fingerprint density at radius 1 is 1.05 bits per heavy atom. The van der Waals surface area contributed by atoms with Gasteiger partial charge in [-0.05, 0) is 36.8 Å². The highest BCUT2D eigenvalue weighted by atomic mass is 32.2. The Hall–Kier alpha value is -0.470. The maximum Gasteiger partial charge on any atom is 0.0322 e. The molecule has 1 nitrogen and oxygen atoms in total. The number of hydrogen-bond acceptors (Lipinski definition) is 2. The molecule has 0 aliphatic rings. The minimum absolute atomic E-state index is 0.518. The quantitative estimate of drug-likeness (QED) is 0.546. The molecule has 0 aromatic heterocycles. The number of benzene rings is 1. The molecular formula is C18H31NS. The van der Waals surface area contributed by atoms with E-state index in [0.717, 1.165) is 0 Å². The summed E-state index contributed by atoms with van der Waals surface area (Å²) in [5, 5.41) is 3.84. The Morgan fingerprint density at radius 2 is 1.80 bits per heavy atom. The summed E-state index contributed by atoms with van der Waals surface area (Å²) in [5.41, 5.74) is 1.44. The van der Waals surface area contributed by atoms with Gasteiger partial charge in [0.2, 0.25) is 0 Å². The van der Waals surface area contributed by atoms with Crippen molar-refractivity contribution in [1.29, 1.82) is 0 Å². The van der Waals surface area contributed by atoms with E-state index in [1.807, 2.05) is 11.8 Å². The molecule has 1 rings (SSSR count). The molecule has 0 fully saturated rings. The average Bonchev–Trinajstić information content (AvgIpc) is 2.47. The minimum atomic E-state index is 0.518. The summed E-state index contributed by atoms with van der Waals surface area (Å²) in [6.07, 6.45) is 6.47. The standard InChI is InChI=1S/C18H31NS/c1-4-6-8-13-18(17-11-9-7-10-12-17)19-16(3)14-15-20-5-2/h7,9-12,16,18-19H,4-6,8,13-15H2,1-3H3. The second-order valence-corrected chi connectivity index (χ2v) is 6.91. The maximum atomic E-state index is 3.84. The van der Waals surface area contributed by atoms with Crippen LogP contribution in [0.1, 0.15) is 64.5 Å². The van der Waals surface area contributed by atoms with Gasteiger partial charge in [-0.15, -0.1) is 0 Å². The van der Waals surface area contributed by atoms with Crippen molar-refractivity contribution in [2.75, 3.05) is 11.5 Å². The normalized spacial score (nSPS) is 14.2. The summed E-state index contributed by atoms with van der Waals surface area (Å²) in [6.45, 7) is 6.84. The lowest BCUT2D eigenvalue weighted by atomic mass is 9.99. The Bertz CT molecular complexity index is 325. The van der Waals surface area contributed by atoms with Crippen LogP contribution in [0.3, 0.4) is 0 Å². The molecule has 1 aromatic rings. The lowest BCUT2D eigenvalue weighted by Gasteiger charge is -2.24. The third-order valence-corrected chi connectivity index (χ3v) is 4.62. The molecular weight excluding hydrogens is 262 g/mol.